The van der Waals surface area contributed by atoms with Crippen LogP contribution < -0.4 is 9.47 Å². The number of rotatable bonds is 6. The minimum Gasteiger partial charge on any atom is -0.494 e. The number of hydrogen-bond acceptors (Lipinski definition) is 7. The monoisotopic (exact) mass is 324 g/mol. The third-order valence-corrected chi connectivity index (χ3v) is 3.22. The first-order chi connectivity index (χ1) is 11.6. The largest absolute Gasteiger partial charge is 0.494 e. The third kappa shape index (κ3) is 3.44. The molecular formula is C17H12N2O5. The molecule has 7 heteroatoms. The van der Waals surface area contributed by atoms with Gasteiger partial charge in [0, 0.05) is 11.1 Å². The highest BCUT2D eigenvalue weighted by Crippen LogP contribution is 2.31. The summed E-state index contributed by atoms with van der Waals surface area (Å²) in [5.74, 6) is 0.256. The van der Waals surface area contributed by atoms with E-state index in [0.29, 0.717) is 11.1 Å². The average molecular weight is 324 g/mol. The summed E-state index contributed by atoms with van der Waals surface area (Å²) in [7, 11) is 2.81. The molecule has 0 unspecified atom stereocenters. The van der Waals surface area contributed by atoms with Crippen molar-refractivity contribution < 1.29 is 23.9 Å². The first kappa shape index (κ1) is 16.8. The summed E-state index contributed by atoms with van der Waals surface area (Å²) in [6, 6.07) is 8.96. The van der Waals surface area contributed by atoms with Crippen molar-refractivity contribution in [2.45, 2.75) is 0 Å². The number of carbonyl (C=O) groups is 1. The van der Waals surface area contributed by atoms with E-state index in [2.05, 4.69) is 9.98 Å². The number of methoxy groups -OCH3 is 2. The summed E-state index contributed by atoms with van der Waals surface area (Å²) < 4.78 is 10.2. The number of isocyanates is 2. The number of ether oxygens (including phenoxy) is 2. The van der Waals surface area contributed by atoms with Crippen LogP contribution in [0.3, 0.4) is 0 Å². The zero-order valence-electron chi connectivity index (χ0n) is 12.9. The molecule has 0 heterocycles. The quantitative estimate of drug-likeness (QED) is 0.462. The lowest BCUT2D eigenvalue weighted by molar-refractivity contribution is 0.103. The van der Waals surface area contributed by atoms with Gasteiger partial charge in [0.2, 0.25) is 12.2 Å². The molecule has 0 aliphatic heterocycles. The summed E-state index contributed by atoms with van der Waals surface area (Å²) in [6.45, 7) is 0. The molecule has 0 fully saturated rings. The van der Waals surface area contributed by atoms with Gasteiger partial charge in [0.05, 0.1) is 14.2 Å². The minimum absolute atomic E-state index is 0.275. The Hall–Kier alpha value is -3.53. The molecule has 0 saturated heterocycles. The van der Waals surface area contributed by atoms with Crippen LogP contribution in [0.15, 0.2) is 46.4 Å². The fraction of sp³-hybridized carbons (Fsp3) is 0.118. The lowest BCUT2D eigenvalue weighted by Crippen LogP contribution is -2.02. The maximum Gasteiger partial charge on any atom is 0.240 e. The molecule has 2 aromatic rings. The summed E-state index contributed by atoms with van der Waals surface area (Å²) in [4.78, 5) is 40.3. The van der Waals surface area contributed by atoms with Gasteiger partial charge in [-0.1, -0.05) is 0 Å². The van der Waals surface area contributed by atoms with E-state index in [4.69, 9.17) is 9.47 Å². The highest BCUT2D eigenvalue weighted by molar-refractivity contribution is 6.10. The Kier molecular flexibility index (Phi) is 5.36. The van der Waals surface area contributed by atoms with Crippen LogP contribution in [0.25, 0.3) is 0 Å². The van der Waals surface area contributed by atoms with Gasteiger partial charge < -0.3 is 9.47 Å². The molecule has 2 aromatic carbocycles. The number of ketones is 1. The summed E-state index contributed by atoms with van der Waals surface area (Å²) in [6.07, 6.45) is 2.85. The standard InChI is InChI=1S/C17H12N2O5/c1-23-15-7-11(3-5-13(15)18-9-20)17(22)12-4-6-14(19-10-21)16(8-12)24-2/h3-8H,1-2H3. The Morgan fingerprint density at radius 3 is 1.58 bits per heavy atom. The second-order valence-electron chi connectivity index (χ2n) is 4.51. The lowest BCUT2D eigenvalue weighted by atomic mass is 10.0. The van der Waals surface area contributed by atoms with E-state index in [1.54, 1.807) is 0 Å². The van der Waals surface area contributed by atoms with Crippen molar-refractivity contribution in [1.82, 2.24) is 0 Å². The van der Waals surface area contributed by atoms with Gasteiger partial charge in [-0.3, -0.25) is 4.79 Å². The predicted molar refractivity (Wildman–Crippen MR) is 85.0 cm³/mol. The van der Waals surface area contributed by atoms with Crippen LogP contribution >= 0.6 is 0 Å². The van der Waals surface area contributed by atoms with Gasteiger partial charge >= 0.3 is 0 Å². The fourth-order valence-electron chi connectivity index (χ4n) is 2.09. The molecule has 120 valence electrons. The molecule has 7 nitrogen and oxygen atoms in total. The SMILES string of the molecule is COc1cc(C(=O)c2ccc(N=C=O)c(OC)c2)ccc1N=C=O. The van der Waals surface area contributed by atoms with E-state index in [1.165, 1.54) is 62.8 Å². The van der Waals surface area contributed by atoms with E-state index < -0.39 is 0 Å². The number of nitrogens with zero attached hydrogens (tertiary/aromatic N) is 2. The molecule has 0 spiro atoms. The van der Waals surface area contributed by atoms with Gasteiger partial charge in [-0.15, -0.1) is 0 Å². The lowest BCUT2D eigenvalue weighted by Gasteiger charge is -2.08. The van der Waals surface area contributed by atoms with Crippen molar-refractivity contribution in [2.75, 3.05) is 14.2 Å². The maximum atomic E-state index is 12.6. The van der Waals surface area contributed by atoms with E-state index in [0.717, 1.165) is 0 Å². The van der Waals surface area contributed by atoms with Crippen molar-refractivity contribution in [2.24, 2.45) is 9.98 Å². The predicted octanol–water partition coefficient (Wildman–Crippen LogP) is 2.87. The maximum absolute atomic E-state index is 12.6. The topological polar surface area (TPSA) is 94.4 Å². The van der Waals surface area contributed by atoms with Crippen molar-refractivity contribution in [3.63, 3.8) is 0 Å². The molecule has 0 saturated carbocycles. The van der Waals surface area contributed by atoms with Crippen molar-refractivity contribution in [3.05, 3.63) is 47.5 Å². The van der Waals surface area contributed by atoms with Crippen LogP contribution in [-0.4, -0.2) is 32.2 Å². The molecule has 0 N–H and O–H groups in total. The average Bonchev–Trinajstić information content (AvgIpc) is 2.62. The summed E-state index contributed by atoms with van der Waals surface area (Å²) in [5.41, 5.74) is 1.23. The third-order valence-electron chi connectivity index (χ3n) is 3.22. The van der Waals surface area contributed by atoms with Crippen molar-refractivity contribution in [1.29, 1.82) is 0 Å². The molecule has 0 aliphatic rings. The Morgan fingerprint density at radius 1 is 0.833 bits per heavy atom. The summed E-state index contributed by atoms with van der Waals surface area (Å²) >= 11 is 0. The Labute approximate surface area is 137 Å². The first-order valence-electron chi connectivity index (χ1n) is 6.71. The fourth-order valence-corrected chi connectivity index (χ4v) is 2.09. The van der Waals surface area contributed by atoms with Crippen LogP contribution in [0.2, 0.25) is 0 Å². The number of benzene rings is 2. The first-order valence-corrected chi connectivity index (χ1v) is 6.71. The van der Waals surface area contributed by atoms with Gasteiger partial charge in [-0.2, -0.15) is 9.98 Å². The highest BCUT2D eigenvalue weighted by Gasteiger charge is 2.14. The Balaban J connectivity index is 2.45. The zero-order chi connectivity index (χ0) is 17.5. The smallest absolute Gasteiger partial charge is 0.240 e. The van der Waals surface area contributed by atoms with Gasteiger partial charge in [0.1, 0.15) is 22.9 Å². The normalized spacial score (nSPS) is 9.42. The molecule has 2 rings (SSSR count). The minimum atomic E-state index is -0.296. The van der Waals surface area contributed by atoms with E-state index >= 15 is 0 Å². The van der Waals surface area contributed by atoms with Crippen LogP contribution in [0.1, 0.15) is 15.9 Å². The zero-order valence-corrected chi connectivity index (χ0v) is 12.9. The second kappa shape index (κ2) is 7.65. The van der Waals surface area contributed by atoms with E-state index in [-0.39, 0.29) is 28.7 Å². The van der Waals surface area contributed by atoms with Crippen LogP contribution in [-0.2, 0) is 9.59 Å². The second-order valence-corrected chi connectivity index (χ2v) is 4.51. The van der Waals surface area contributed by atoms with Gasteiger partial charge in [-0.05, 0) is 36.4 Å². The van der Waals surface area contributed by atoms with Gasteiger partial charge in [0.15, 0.2) is 5.78 Å². The molecule has 0 aliphatic carbocycles. The Morgan fingerprint density at radius 2 is 1.25 bits per heavy atom. The molecule has 0 radical (unpaired) electrons. The molecule has 0 bridgehead atoms. The molecular weight excluding hydrogens is 312 g/mol. The van der Waals surface area contributed by atoms with E-state index in [9.17, 15) is 14.4 Å². The Bertz CT molecular complexity index is 807. The molecule has 0 atom stereocenters. The highest BCUT2D eigenvalue weighted by atomic mass is 16.5. The van der Waals surface area contributed by atoms with Crippen molar-refractivity contribution in [3.8, 4) is 11.5 Å². The molecule has 24 heavy (non-hydrogen) atoms. The van der Waals surface area contributed by atoms with E-state index in [1.807, 2.05) is 0 Å². The van der Waals surface area contributed by atoms with Gasteiger partial charge in [-0.25, -0.2) is 9.59 Å². The van der Waals surface area contributed by atoms with Crippen LogP contribution in [0.5, 0.6) is 11.5 Å². The number of hydrogen-bond donors (Lipinski definition) is 0. The molecule has 0 amide bonds. The van der Waals surface area contributed by atoms with Gasteiger partial charge in [0.25, 0.3) is 0 Å². The van der Waals surface area contributed by atoms with Crippen LogP contribution in [0.4, 0.5) is 11.4 Å². The number of carbonyl (C=O) groups excluding carboxylic acids is 3. The summed E-state index contributed by atoms with van der Waals surface area (Å²) in [5, 5.41) is 0. The van der Waals surface area contributed by atoms with Crippen molar-refractivity contribution >= 4 is 29.3 Å². The van der Waals surface area contributed by atoms with Crippen LogP contribution in [0, 0.1) is 0 Å². The molecule has 0 aromatic heterocycles. The number of aliphatic imine (C=N–C) groups is 2.